The standard InChI is InChI=1S/C20H23N3O5S/c1-4-23(12-19(24)21-14-5-7-15(28-3)8-6-14)29(26,27)16-9-10-18-17(11-16)13(2)20(25)22-18/h5-11,13H,4,12H2,1-3H3,(H,21,24)(H,22,25)/t13-/m0/s1. The number of amides is 2. The summed E-state index contributed by atoms with van der Waals surface area (Å²) >= 11 is 0. The number of nitrogens with zero attached hydrogens (tertiary/aromatic N) is 1. The molecule has 0 saturated carbocycles. The van der Waals surface area contributed by atoms with Gasteiger partial charge < -0.3 is 15.4 Å². The van der Waals surface area contributed by atoms with Crippen molar-refractivity contribution < 1.29 is 22.7 Å². The largest absolute Gasteiger partial charge is 0.497 e. The summed E-state index contributed by atoms with van der Waals surface area (Å²) in [4.78, 5) is 24.3. The molecule has 2 aromatic rings. The lowest BCUT2D eigenvalue weighted by Gasteiger charge is -2.20. The Labute approximate surface area is 169 Å². The molecule has 0 aromatic heterocycles. The Morgan fingerprint density at radius 1 is 1.21 bits per heavy atom. The third-order valence-corrected chi connectivity index (χ3v) is 6.74. The van der Waals surface area contributed by atoms with Crippen LogP contribution in [0.4, 0.5) is 11.4 Å². The summed E-state index contributed by atoms with van der Waals surface area (Å²) in [6.07, 6.45) is 0. The first-order valence-electron chi connectivity index (χ1n) is 9.15. The number of likely N-dealkylation sites (N-methyl/N-ethyl adjacent to an activating group) is 1. The van der Waals surface area contributed by atoms with Crippen molar-refractivity contribution in [3.63, 3.8) is 0 Å². The molecule has 1 aliphatic heterocycles. The lowest BCUT2D eigenvalue weighted by atomic mass is 10.0. The van der Waals surface area contributed by atoms with E-state index in [0.717, 1.165) is 4.31 Å². The van der Waals surface area contributed by atoms with E-state index in [-0.39, 0.29) is 23.9 Å². The summed E-state index contributed by atoms with van der Waals surface area (Å²) in [6, 6.07) is 11.3. The van der Waals surface area contributed by atoms with Gasteiger partial charge in [-0.1, -0.05) is 6.92 Å². The average Bonchev–Trinajstić information content (AvgIpc) is 3.00. The number of nitrogens with one attached hydrogen (secondary N) is 2. The van der Waals surface area contributed by atoms with Gasteiger partial charge in [0, 0.05) is 17.9 Å². The third-order valence-electron chi connectivity index (χ3n) is 4.82. The van der Waals surface area contributed by atoms with Crippen molar-refractivity contribution in [1.29, 1.82) is 0 Å². The number of sulfonamides is 1. The van der Waals surface area contributed by atoms with Gasteiger partial charge in [0.1, 0.15) is 5.75 Å². The highest BCUT2D eigenvalue weighted by Gasteiger charge is 2.31. The molecule has 1 aliphatic rings. The summed E-state index contributed by atoms with van der Waals surface area (Å²) < 4.78 is 32.3. The molecular formula is C20H23N3O5S. The number of carbonyl (C=O) groups is 2. The van der Waals surface area contributed by atoms with Crippen LogP contribution in [0.15, 0.2) is 47.4 Å². The molecule has 1 heterocycles. The van der Waals surface area contributed by atoms with E-state index < -0.39 is 21.8 Å². The minimum Gasteiger partial charge on any atom is -0.497 e. The molecule has 1 atom stereocenters. The number of anilines is 2. The molecule has 3 rings (SSSR count). The van der Waals surface area contributed by atoms with Crippen LogP contribution in [-0.2, 0) is 19.6 Å². The van der Waals surface area contributed by atoms with Gasteiger partial charge in [-0.25, -0.2) is 8.42 Å². The number of fused-ring (bicyclic) bond motifs is 1. The molecule has 2 aromatic carbocycles. The summed E-state index contributed by atoms with van der Waals surface area (Å²) in [6.45, 7) is 3.19. The number of ether oxygens (including phenoxy) is 1. The fraction of sp³-hybridized carbons (Fsp3) is 0.300. The van der Waals surface area contributed by atoms with Crippen LogP contribution in [0.2, 0.25) is 0 Å². The highest BCUT2D eigenvalue weighted by atomic mass is 32.2. The fourth-order valence-corrected chi connectivity index (χ4v) is 4.55. The Morgan fingerprint density at radius 2 is 1.90 bits per heavy atom. The van der Waals surface area contributed by atoms with Gasteiger partial charge in [-0.3, -0.25) is 9.59 Å². The van der Waals surface area contributed by atoms with Crippen LogP contribution in [0.25, 0.3) is 0 Å². The van der Waals surface area contributed by atoms with Crippen LogP contribution in [-0.4, -0.2) is 44.7 Å². The molecule has 0 aliphatic carbocycles. The van der Waals surface area contributed by atoms with Gasteiger partial charge in [0.2, 0.25) is 21.8 Å². The van der Waals surface area contributed by atoms with Crippen molar-refractivity contribution in [1.82, 2.24) is 4.31 Å². The number of hydrogen-bond acceptors (Lipinski definition) is 5. The van der Waals surface area contributed by atoms with Gasteiger partial charge >= 0.3 is 0 Å². The number of carbonyl (C=O) groups excluding carboxylic acids is 2. The molecule has 154 valence electrons. The van der Waals surface area contributed by atoms with Crippen molar-refractivity contribution in [2.45, 2.75) is 24.7 Å². The van der Waals surface area contributed by atoms with Crippen molar-refractivity contribution >= 4 is 33.2 Å². The van der Waals surface area contributed by atoms with Crippen LogP contribution in [0.3, 0.4) is 0 Å². The molecule has 0 spiro atoms. The second-order valence-corrected chi connectivity index (χ2v) is 8.61. The van der Waals surface area contributed by atoms with E-state index >= 15 is 0 Å². The first-order chi connectivity index (χ1) is 13.8. The maximum Gasteiger partial charge on any atom is 0.243 e. The van der Waals surface area contributed by atoms with Crippen LogP contribution in [0.5, 0.6) is 5.75 Å². The van der Waals surface area contributed by atoms with Gasteiger partial charge in [0.15, 0.2) is 0 Å². The Bertz CT molecular complexity index is 1030. The molecule has 0 fully saturated rings. The SMILES string of the molecule is CCN(CC(=O)Nc1ccc(OC)cc1)S(=O)(=O)c1ccc2c(c1)[C@H](C)C(=O)N2. The van der Waals surface area contributed by atoms with Crippen LogP contribution < -0.4 is 15.4 Å². The Kier molecular flexibility index (Phi) is 5.90. The van der Waals surface area contributed by atoms with E-state index in [1.54, 1.807) is 51.3 Å². The lowest BCUT2D eigenvalue weighted by molar-refractivity contribution is -0.117. The topological polar surface area (TPSA) is 105 Å². The monoisotopic (exact) mass is 417 g/mol. The Balaban J connectivity index is 1.76. The van der Waals surface area contributed by atoms with Gasteiger partial charge in [-0.2, -0.15) is 4.31 Å². The fourth-order valence-electron chi connectivity index (χ4n) is 3.11. The maximum absolute atomic E-state index is 13.0. The molecule has 2 N–H and O–H groups in total. The van der Waals surface area contributed by atoms with Crippen LogP contribution in [0, 0.1) is 0 Å². The zero-order chi connectivity index (χ0) is 21.2. The smallest absolute Gasteiger partial charge is 0.243 e. The summed E-state index contributed by atoms with van der Waals surface area (Å²) in [7, 11) is -2.35. The molecule has 29 heavy (non-hydrogen) atoms. The van der Waals surface area contributed by atoms with E-state index in [2.05, 4.69) is 10.6 Å². The van der Waals surface area contributed by atoms with Crippen molar-refractivity contribution in [2.24, 2.45) is 0 Å². The maximum atomic E-state index is 13.0. The number of rotatable bonds is 7. The van der Waals surface area contributed by atoms with Crippen LogP contribution in [0.1, 0.15) is 25.3 Å². The van der Waals surface area contributed by atoms with E-state index in [0.29, 0.717) is 22.7 Å². The molecule has 8 nitrogen and oxygen atoms in total. The third kappa shape index (κ3) is 4.25. The first-order valence-corrected chi connectivity index (χ1v) is 10.6. The van der Waals surface area contributed by atoms with E-state index in [1.165, 1.54) is 12.1 Å². The molecule has 2 amide bonds. The van der Waals surface area contributed by atoms with Crippen molar-refractivity contribution in [3.8, 4) is 5.75 Å². The van der Waals surface area contributed by atoms with E-state index in [9.17, 15) is 18.0 Å². The van der Waals surface area contributed by atoms with Crippen molar-refractivity contribution in [3.05, 3.63) is 48.0 Å². The van der Waals surface area contributed by atoms with Gasteiger partial charge in [0.05, 0.1) is 24.5 Å². The summed E-state index contributed by atoms with van der Waals surface area (Å²) in [5, 5.41) is 5.40. The molecule has 0 bridgehead atoms. The molecule has 9 heteroatoms. The van der Waals surface area contributed by atoms with Gasteiger partial charge in [-0.05, 0) is 55.0 Å². The van der Waals surface area contributed by atoms with Crippen molar-refractivity contribution in [2.75, 3.05) is 30.8 Å². The highest BCUT2D eigenvalue weighted by molar-refractivity contribution is 7.89. The highest BCUT2D eigenvalue weighted by Crippen LogP contribution is 2.34. The molecular weight excluding hydrogens is 394 g/mol. The lowest BCUT2D eigenvalue weighted by Crippen LogP contribution is -2.37. The predicted molar refractivity (Wildman–Crippen MR) is 110 cm³/mol. The number of hydrogen-bond donors (Lipinski definition) is 2. The zero-order valence-corrected chi connectivity index (χ0v) is 17.2. The Morgan fingerprint density at radius 3 is 2.52 bits per heavy atom. The second kappa shape index (κ2) is 8.22. The predicted octanol–water partition coefficient (Wildman–Crippen LogP) is 2.40. The van der Waals surface area contributed by atoms with E-state index in [4.69, 9.17) is 4.74 Å². The minimum absolute atomic E-state index is 0.0543. The van der Waals surface area contributed by atoms with Crippen LogP contribution >= 0.6 is 0 Å². The first kappa shape index (κ1) is 20.8. The average molecular weight is 417 g/mol. The minimum atomic E-state index is -3.90. The van der Waals surface area contributed by atoms with Gasteiger partial charge in [0.25, 0.3) is 0 Å². The van der Waals surface area contributed by atoms with Gasteiger partial charge in [-0.15, -0.1) is 0 Å². The number of benzene rings is 2. The number of methoxy groups -OCH3 is 1. The zero-order valence-electron chi connectivity index (χ0n) is 16.4. The molecule has 0 saturated heterocycles. The molecule has 0 unspecified atom stereocenters. The normalized spacial score (nSPS) is 15.7. The second-order valence-electron chi connectivity index (χ2n) is 6.67. The molecule has 0 radical (unpaired) electrons. The van der Waals surface area contributed by atoms with E-state index in [1.807, 2.05) is 0 Å². The summed E-state index contributed by atoms with van der Waals surface area (Å²) in [5.74, 6) is -0.388. The Hall–Kier alpha value is -2.91. The summed E-state index contributed by atoms with van der Waals surface area (Å²) in [5.41, 5.74) is 1.79. The quantitative estimate of drug-likeness (QED) is 0.720.